The van der Waals surface area contributed by atoms with Gasteiger partial charge in [0.1, 0.15) is 11.6 Å². The van der Waals surface area contributed by atoms with Crippen molar-refractivity contribution < 1.29 is 24.2 Å². The summed E-state index contributed by atoms with van der Waals surface area (Å²) in [5.74, 6) is -0.849. The van der Waals surface area contributed by atoms with Crippen molar-refractivity contribution in [2.45, 2.75) is 83.8 Å². The Labute approximate surface area is 185 Å². The normalized spacial score (nSPS) is 15.3. The third-order valence-electron chi connectivity index (χ3n) is 5.19. The number of carbonyl (C=O) groups excluding carboxylic acids is 2. The molecule has 7 heteroatoms. The highest BCUT2D eigenvalue weighted by Gasteiger charge is 2.29. The molecule has 1 aliphatic rings. The third-order valence-corrected chi connectivity index (χ3v) is 5.19. The first-order valence-corrected chi connectivity index (χ1v) is 11.2. The zero-order valence-electron chi connectivity index (χ0n) is 19.0. The topological polar surface area (TPSA) is 95.9 Å². The molecule has 1 atom stereocenters. The summed E-state index contributed by atoms with van der Waals surface area (Å²) in [6.07, 6.45) is 5.27. The summed E-state index contributed by atoms with van der Waals surface area (Å²) in [6.45, 7) is 6.81. The molecule has 0 aliphatic carbocycles. The predicted octanol–water partition coefficient (Wildman–Crippen LogP) is 3.93. The molecular weight excluding hydrogens is 396 g/mol. The minimum absolute atomic E-state index is 0.0718. The highest BCUT2D eigenvalue weighted by Crippen LogP contribution is 2.16. The van der Waals surface area contributed by atoms with Crippen LogP contribution in [0, 0.1) is 0 Å². The summed E-state index contributed by atoms with van der Waals surface area (Å²) in [5.41, 5.74) is 1.42. The quantitative estimate of drug-likeness (QED) is 0.577. The Bertz CT molecular complexity index is 751. The maximum absolute atomic E-state index is 13.2. The molecule has 0 bridgehead atoms. The van der Waals surface area contributed by atoms with Gasteiger partial charge in [0.15, 0.2) is 0 Å². The molecule has 2 amide bonds. The van der Waals surface area contributed by atoms with E-state index in [1.54, 1.807) is 20.8 Å². The van der Waals surface area contributed by atoms with Gasteiger partial charge in [-0.15, -0.1) is 0 Å². The number of nitrogens with one attached hydrogen (secondary N) is 1. The monoisotopic (exact) mass is 432 g/mol. The second kappa shape index (κ2) is 11.7. The second-order valence-electron chi connectivity index (χ2n) is 9.21. The molecule has 7 nitrogen and oxygen atoms in total. The van der Waals surface area contributed by atoms with E-state index in [2.05, 4.69) is 5.32 Å². The lowest BCUT2D eigenvalue weighted by Crippen LogP contribution is -2.51. The van der Waals surface area contributed by atoms with Gasteiger partial charge >= 0.3 is 12.1 Å². The lowest BCUT2D eigenvalue weighted by atomic mass is 9.99. The van der Waals surface area contributed by atoms with Crippen molar-refractivity contribution in [3.05, 3.63) is 35.4 Å². The van der Waals surface area contributed by atoms with Gasteiger partial charge in [-0.25, -0.2) is 4.79 Å². The number of carboxylic acids is 1. The number of likely N-dealkylation sites (tertiary alicyclic amines) is 1. The fourth-order valence-corrected chi connectivity index (χ4v) is 3.74. The van der Waals surface area contributed by atoms with E-state index < -0.39 is 23.7 Å². The molecule has 1 fully saturated rings. The van der Waals surface area contributed by atoms with Gasteiger partial charge in [-0.2, -0.15) is 0 Å². The molecule has 1 heterocycles. The van der Waals surface area contributed by atoms with E-state index in [1.807, 2.05) is 29.2 Å². The summed E-state index contributed by atoms with van der Waals surface area (Å²) in [7, 11) is 0. The van der Waals surface area contributed by atoms with Gasteiger partial charge in [0.2, 0.25) is 5.91 Å². The number of carbonyl (C=O) groups is 3. The van der Waals surface area contributed by atoms with Crippen molar-refractivity contribution in [2.75, 3.05) is 13.1 Å². The molecule has 1 aliphatic heterocycles. The van der Waals surface area contributed by atoms with Gasteiger partial charge in [0.05, 0.1) is 0 Å². The Morgan fingerprint density at radius 3 is 2.42 bits per heavy atom. The Kier molecular flexibility index (Phi) is 9.34. The number of alkyl carbamates (subject to hydrolysis) is 1. The Morgan fingerprint density at radius 1 is 1.10 bits per heavy atom. The van der Waals surface area contributed by atoms with Crippen LogP contribution in [-0.2, 0) is 27.2 Å². The number of aryl methyl sites for hydroxylation is 1. The SMILES string of the molecule is CC(C)(C)OC(=O)NC(Cc1cccc(CCCCC(=O)O)c1)C(=O)N1CCCCC1. The van der Waals surface area contributed by atoms with E-state index in [0.717, 1.165) is 56.3 Å². The molecule has 1 unspecified atom stereocenters. The zero-order chi connectivity index (χ0) is 22.9. The van der Waals surface area contributed by atoms with Crippen LogP contribution in [0.1, 0.15) is 70.4 Å². The van der Waals surface area contributed by atoms with Crippen LogP contribution in [0.3, 0.4) is 0 Å². The Hall–Kier alpha value is -2.57. The van der Waals surface area contributed by atoms with Crippen molar-refractivity contribution in [2.24, 2.45) is 0 Å². The summed E-state index contributed by atoms with van der Waals surface area (Å²) in [6, 6.07) is 7.25. The molecule has 1 saturated heterocycles. The van der Waals surface area contributed by atoms with E-state index >= 15 is 0 Å². The van der Waals surface area contributed by atoms with Crippen molar-refractivity contribution in [1.29, 1.82) is 0 Å². The fourth-order valence-electron chi connectivity index (χ4n) is 3.74. The van der Waals surface area contributed by atoms with Crippen molar-refractivity contribution in [1.82, 2.24) is 10.2 Å². The van der Waals surface area contributed by atoms with E-state index in [-0.39, 0.29) is 12.3 Å². The maximum atomic E-state index is 13.2. The molecule has 2 rings (SSSR count). The van der Waals surface area contributed by atoms with Crippen molar-refractivity contribution >= 4 is 18.0 Å². The minimum Gasteiger partial charge on any atom is -0.481 e. The highest BCUT2D eigenvalue weighted by atomic mass is 16.6. The van der Waals surface area contributed by atoms with Crippen LogP contribution in [0.4, 0.5) is 4.79 Å². The predicted molar refractivity (Wildman–Crippen MR) is 119 cm³/mol. The smallest absolute Gasteiger partial charge is 0.408 e. The molecule has 31 heavy (non-hydrogen) atoms. The van der Waals surface area contributed by atoms with Gasteiger partial charge in [0.25, 0.3) is 0 Å². The lowest BCUT2D eigenvalue weighted by molar-refractivity contribution is -0.137. The number of rotatable bonds is 9. The van der Waals surface area contributed by atoms with Crippen LogP contribution < -0.4 is 5.32 Å². The second-order valence-corrected chi connectivity index (χ2v) is 9.21. The average Bonchev–Trinajstić information content (AvgIpc) is 2.69. The number of hydrogen-bond donors (Lipinski definition) is 2. The van der Waals surface area contributed by atoms with Gasteiger partial charge in [-0.1, -0.05) is 24.3 Å². The number of benzene rings is 1. The summed E-state index contributed by atoms with van der Waals surface area (Å²) < 4.78 is 5.38. The van der Waals surface area contributed by atoms with Crippen molar-refractivity contribution in [3.63, 3.8) is 0 Å². The molecular formula is C24H36N2O5. The van der Waals surface area contributed by atoms with Crippen LogP contribution in [0.2, 0.25) is 0 Å². The molecule has 1 aromatic carbocycles. The van der Waals surface area contributed by atoms with Gasteiger partial charge in [-0.3, -0.25) is 9.59 Å². The fraction of sp³-hybridized carbons (Fsp3) is 0.625. The number of amides is 2. The van der Waals surface area contributed by atoms with Crippen LogP contribution in [0.15, 0.2) is 24.3 Å². The number of carboxylic acid groups (broad SMARTS) is 1. The number of unbranched alkanes of at least 4 members (excludes halogenated alkanes) is 1. The highest BCUT2D eigenvalue weighted by molar-refractivity contribution is 5.86. The van der Waals surface area contributed by atoms with Crippen molar-refractivity contribution in [3.8, 4) is 0 Å². The number of piperidine rings is 1. The van der Waals surface area contributed by atoms with E-state index in [1.165, 1.54) is 0 Å². The lowest BCUT2D eigenvalue weighted by Gasteiger charge is -2.31. The first-order chi connectivity index (χ1) is 14.6. The van der Waals surface area contributed by atoms with E-state index in [4.69, 9.17) is 9.84 Å². The molecule has 0 aromatic heterocycles. The molecule has 0 saturated carbocycles. The summed E-state index contributed by atoms with van der Waals surface area (Å²) in [5, 5.41) is 11.6. The Balaban J connectivity index is 2.06. The van der Waals surface area contributed by atoms with Gasteiger partial charge in [0, 0.05) is 25.9 Å². The molecule has 1 aromatic rings. The number of nitrogens with zero attached hydrogens (tertiary/aromatic N) is 1. The van der Waals surface area contributed by atoms with Crippen LogP contribution in [0.25, 0.3) is 0 Å². The van der Waals surface area contributed by atoms with Crippen LogP contribution in [0.5, 0.6) is 0 Å². The minimum atomic E-state index is -0.777. The summed E-state index contributed by atoms with van der Waals surface area (Å²) >= 11 is 0. The van der Waals surface area contributed by atoms with E-state index in [0.29, 0.717) is 12.8 Å². The number of hydrogen-bond acceptors (Lipinski definition) is 4. The molecule has 2 N–H and O–H groups in total. The molecule has 172 valence electrons. The summed E-state index contributed by atoms with van der Waals surface area (Å²) in [4.78, 5) is 38.1. The number of ether oxygens (including phenoxy) is 1. The van der Waals surface area contributed by atoms with Crippen LogP contribution in [-0.4, -0.2) is 52.7 Å². The van der Waals surface area contributed by atoms with E-state index in [9.17, 15) is 14.4 Å². The van der Waals surface area contributed by atoms with Crippen LogP contribution >= 0.6 is 0 Å². The zero-order valence-corrected chi connectivity index (χ0v) is 19.0. The molecule has 0 spiro atoms. The first-order valence-electron chi connectivity index (χ1n) is 11.2. The average molecular weight is 433 g/mol. The van der Waals surface area contributed by atoms with Gasteiger partial charge < -0.3 is 20.1 Å². The third kappa shape index (κ3) is 9.40. The number of aliphatic carboxylic acids is 1. The molecule has 0 radical (unpaired) electrons. The largest absolute Gasteiger partial charge is 0.481 e. The van der Waals surface area contributed by atoms with Gasteiger partial charge in [-0.05, 0) is 70.4 Å². The maximum Gasteiger partial charge on any atom is 0.408 e. The Morgan fingerprint density at radius 2 is 1.77 bits per heavy atom. The first kappa shape index (κ1) is 24.7. The standard InChI is InChI=1S/C24H36N2O5/c1-24(2,3)31-23(30)25-20(22(29)26-14-7-4-8-15-26)17-19-12-9-11-18(16-19)10-5-6-13-21(27)28/h9,11-12,16,20H,4-8,10,13-15,17H2,1-3H3,(H,25,30)(H,27,28).